The van der Waals surface area contributed by atoms with Crippen LogP contribution >= 0.6 is 11.8 Å². The predicted octanol–water partition coefficient (Wildman–Crippen LogP) is 2.87. The van der Waals surface area contributed by atoms with Gasteiger partial charge in [-0.05, 0) is 37.6 Å². The van der Waals surface area contributed by atoms with Crippen LogP contribution in [0.2, 0.25) is 0 Å². The fourth-order valence-corrected chi connectivity index (χ4v) is 6.27. The number of aromatic nitrogens is 1. The lowest BCUT2D eigenvalue weighted by molar-refractivity contribution is -0.124. The number of nitrogens with one attached hydrogen (secondary N) is 2. The van der Waals surface area contributed by atoms with E-state index in [1.165, 1.54) is 30.3 Å². The summed E-state index contributed by atoms with van der Waals surface area (Å²) in [7, 11) is 3.59. The summed E-state index contributed by atoms with van der Waals surface area (Å²) in [5, 5.41) is 6.75. The van der Waals surface area contributed by atoms with Crippen molar-refractivity contribution in [3.63, 3.8) is 0 Å². The Morgan fingerprint density at radius 3 is 2.79 bits per heavy atom. The molecule has 4 aliphatic rings. The largest absolute Gasteiger partial charge is 0.363 e. The van der Waals surface area contributed by atoms with Crippen LogP contribution in [0.5, 0.6) is 0 Å². The van der Waals surface area contributed by atoms with Crippen LogP contribution in [0.1, 0.15) is 25.7 Å². The first-order valence-electron chi connectivity index (χ1n) is 11.6. The van der Waals surface area contributed by atoms with Crippen LogP contribution in [0.25, 0.3) is 0 Å². The van der Waals surface area contributed by atoms with Crippen molar-refractivity contribution in [1.82, 2.24) is 15.2 Å². The predicted molar refractivity (Wildman–Crippen MR) is 136 cm³/mol. The van der Waals surface area contributed by atoms with Gasteiger partial charge < -0.3 is 20.4 Å². The molecule has 4 heterocycles. The molecule has 0 spiro atoms. The summed E-state index contributed by atoms with van der Waals surface area (Å²) in [6.07, 6.45) is 8.22. The molecule has 0 bridgehead atoms. The Morgan fingerprint density at radius 2 is 2.21 bits per heavy atom. The number of rotatable bonds is 7. The minimum absolute atomic E-state index is 0.0298. The summed E-state index contributed by atoms with van der Waals surface area (Å²) in [6, 6.07) is 5.41. The third kappa shape index (κ3) is 4.19. The van der Waals surface area contributed by atoms with Gasteiger partial charge >= 0.3 is 0 Å². The van der Waals surface area contributed by atoms with Gasteiger partial charge in [0.05, 0.1) is 33.4 Å². The van der Waals surface area contributed by atoms with Gasteiger partial charge in [0.25, 0.3) is 5.91 Å². The van der Waals surface area contributed by atoms with Crippen LogP contribution in [0.15, 0.2) is 49.9 Å². The minimum atomic E-state index is 0.0298. The van der Waals surface area contributed by atoms with Gasteiger partial charge in [0, 0.05) is 45.0 Å². The van der Waals surface area contributed by atoms with Crippen molar-refractivity contribution in [2.24, 2.45) is 15.9 Å². The standard InChI is InChI=1S/C24H31N7OS/c1-25-12-19-22(21(15-6-4-5-7-15)23(33-19)24(32)30(2)3)29-14-28-20-9-8-16(10-27-20)31-13-17-18(31)11-26-17/h8-10,12,15,17-18,26H,1,4-7,11,13-14H2,2-3H3,(H,27,28)/b19-12+,29-22+/t17-,18?/m1/s1. The maximum Gasteiger partial charge on any atom is 0.260 e. The van der Waals surface area contributed by atoms with Gasteiger partial charge in [-0.25, -0.2) is 4.98 Å². The van der Waals surface area contributed by atoms with Crippen molar-refractivity contribution in [2.45, 2.75) is 37.8 Å². The van der Waals surface area contributed by atoms with E-state index in [1.54, 1.807) is 25.2 Å². The average Bonchev–Trinajstić information content (AvgIpc) is 3.44. The SMILES string of the molecule is C=N/C=C1/SC(C(=O)N(C)C)=C(C2CCCC2)/C1=N/CNc1ccc(N2C[C@H]3NCC32)cn1. The smallest absolute Gasteiger partial charge is 0.260 e. The van der Waals surface area contributed by atoms with Gasteiger partial charge in [-0.1, -0.05) is 24.6 Å². The van der Waals surface area contributed by atoms with E-state index in [0.717, 1.165) is 52.8 Å². The highest BCUT2D eigenvalue weighted by Crippen LogP contribution is 2.47. The quantitative estimate of drug-likeness (QED) is 0.603. The van der Waals surface area contributed by atoms with Crippen molar-refractivity contribution in [2.75, 3.05) is 44.1 Å². The Hall–Kier alpha value is -2.65. The summed E-state index contributed by atoms with van der Waals surface area (Å²) in [6.45, 7) is 6.12. The first kappa shape index (κ1) is 22.2. The Labute approximate surface area is 199 Å². The molecule has 0 aromatic carbocycles. The number of carbonyl (C=O) groups is 1. The van der Waals surface area contributed by atoms with Crippen molar-refractivity contribution in [3.8, 4) is 0 Å². The first-order chi connectivity index (χ1) is 16.1. The molecule has 3 aliphatic heterocycles. The molecule has 33 heavy (non-hydrogen) atoms. The number of amides is 1. The highest BCUT2D eigenvalue weighted by molar-refractivity contribution is 8.09. The Kier molecular flexibility index (Phi) is 6.25. The van der Waals surface area contributed by atoms with E-state index in [2.05, 4.69) is 38.3 Å². The van der Waals surface area contributed by atoms with Crippen molar-refractivity contribution >= 4 is 41.6 Å². The lowest BCUT2D eigenvalue weighted by Gasteiger charge is -2.57. The Morgan fingerprint density at radius 1 is 1.39 bits per heavy atom. The number of anilines is 2. The highest BCUT2D eigenvalue weighted by atomic mass is 32.2. The van der Waals surface area contributed by atoms with E-state index < -0.39 is 0 Å². The van der Waals surface area contributed by atoms with Crippen LogP contribution in [-0.2, 0) is 4.79 Å². The van der Waals surface area contributed by atoms with E-state index in [9.17, 15) is 4.79 Å². The number of likely N-dealkylation sites (N-methyl/N-ethyl adjacent to an activating group) is 1. The van der Waals surface area contributed by atoms with Crippen molar-refractivity contribution < 1.29 is 4.79 Å². The molecule has 1 aliphatic carbocycles. The van der Waals surface area contributed by atoms with Crippen LogP contribution in [0, 0.1) is 5.92 Å². The average molecular weight is 466 g/mol. The number of hydrogen-bond acceptors (Lipinski definition) is 8. The monoisotopic (exact) mass is 465 g/mol. The normalized spacial score (nSPS) is 26.9. The second kappa shape index (κ2) is 9.30. The Balaban J connectivity index is 1.33. The fraction of sp³-hybridized carbons (Fsp3) is 0.500. The number of nitrogens with zero attached hydrogens (tertiary/aromatic N) is 5. The van der Waals surface area contributed by atoms with Crippen LogP contribution < -0.4 is 15.5 Å². The maximum absolute atomic E-state index is 13.0. The van der Waals surface area contributed by atoms with Gasteiger partial charge in [0.15, 0.2) is 0 Å². The molecular weight excluding hydrogens is 434 g/mol. The molecule has 1 amide bonds. The molecular formula is C24H31N7OS. The third-order valence-corrected chi connectivity index (χ3v) is 8.06. The first-order valence-corrected chi connectivity index (χ1v) is 12.4. The molecule has 2 N–H and O–H groups in total. The van der Waals surface area contributed by atoms with Crippen LogP contribution in [0.4, 0.5) is 11.5 Å². The lowest BCUT2D eigenvalue weighted by Crippen LogP contribution is -2.78. The van der Waals surface area contributed by atoms with Gasteiger partial charge in [0.1, 0.15) is 12.5 Å². The Bertz CT molecular complexity index is 1020. The molecule has 0 radical (unpaired) electrons. The fourth-order valence-electron chi connectivity index (χ4n) is 5.01. The zero-order chi connectivity index (χ0) is 22.9. The summed E-state index contributed by atoms with van der Waals surface area (Å²) in [5.41, 5.74) is 3.12. The van der Waals surface area contributed by atoms with E-state index in [0.29, 0.717) is 24.7 Å². The molecule has 1 unspecified atom stereocenters. The van der Waals surface area contributed by atoms with Gasteiger partial charge in [0.2, 0.25) is 0 Å². The topological polar surface area (TPSA) is 85.2 Å². The van der Waals surface area contributed by atoms with E-state index >= 15 is 0 Å². The zero-order valence-electron chi connectivity index (χ0n) is 19.3. The number of pyridine rings is 1. The van der Waals surface area contributed by atoms with E-state index in [-0.39, 0.29) is 5.91 Å². The van der Waals surface area contributed by atoms with E-state index in [4.69, 9.17) is 4.99 Å². The number of fused-ring (bicyclic) bond motifs is 1. The molecule has 2 atom stereocenters. The summed E-state index contributed by atoms with van der Waals surface area (Å²) >= 11 is 1.47. The van der Waals surface area contributed by atoms with Gasteiger partial charge in [-0.2, -0.15) is 0 Å². The third-order valence-electron chi connectivity index (χ3n) is 6.94. The molecule has 9 heteroatoms. The summed E-state index contributed by atoms with van der Waals surface area (Å²) in [5.74, 6) is 1.19. The van der Waals surface area contributed by atoms with Crippen LogP contribution in [0.3, 0.4) is 0 Å². The van der Waals surface area contributed by atoms with Gasteiger partial charge in [-0.15, -0.1) is 0 Å². The molecule has 1 saturated carbocycles. The molecule has 2 saturated heterocycles. The number of piperazine rings is 1. The number of thioether (sulfide) groups is 1. The highest BCUT2D eigenvalue weighted by Gasteiger charge is 2.45. The summed E-state index contributed by atoms with van der Waals surface area (Å²) in [4.78, 5) is 32.1. The van der Waals surface area contributed by atoms with Gasteiger partial charge in [-0.3, -0.25) is 14.8 Å². The molecule has 174 valence electrons. The number of carbonyl (C=O) groups excluding carboxylic acids is 1. The summed E-state index contributed by atoms with van der Waals surface area (Å²) < 4.78 is 0. The molecule has 1 aromatic rings. The minimum Gasteiger partial charge on any atom is -0.363 e. The van der Waals surface area contributed by atoms with Crippen molar-refractivity contribution in [3.05, 3.63) is 39.9 Å². The molecule has 5 rings (SSSR count). The van der Waals surface area contributed by atoms with Crippen molar-refractivity contribution in [1.29, 1.82) is 0 Å². The second-order valence-corrected chi connectivity index (χ2v) is 10.2. The van der Waals surface area contributed by atoms with Crippen LogP contribution in [-0.4, -0.2) is 74.2 Å². The molecule has 1 aromatic heterocycles. The molecule has 8 nitrogen and oxygen atoms in total. The second-order valence-electron chi connectivity index (χ2n) is 9.18. The zero-order valence-corrected chi connectivity index (χ0v) is 20.1. The molecule has 3 fully saturated rings. The maximum atomic E-state index is 13.0. The number of aliphatic imine (C=N–C) groups is 2. The number of allylic oxidation sites excluding steroid dienone is 2. The number of hydrogen-bond donors (Lipinski definition) is 2. The van der Waals surface area contributed by atoms with E-state index in [1.807, 2.05) is 12.3 Å². The lowest BCUT2D eigenvalue weighted by atomic mass is 9.88.